The van der Waals surface area contributed by atoms with Gasteiger partial charge in [0.1, 0.15) is 6.10 Å². The molecule has 140 valence electrons. The van der Waals surface area contributed by atoms with E-state index in [0.29, 0.717) is 19.3 Å². The van der Waals surface area contributed by atoms with Gasteiger partial charge in [-0.05, 0) is 31.8 Å². The lowest BCUT2D eigenvalue weighted by molar-refractivity contribution is -0.151. The van der Waals surface area contributed by atoms with Crippen molar-refractivity contribution in [1.82, 2.24) is 0 Å². The van der Waals surface area contributed by atoms with Crippen molar-refractivity contribution in [2.75, 3.05) is 0 Å². The van der Waals surface area contributed by atoms with Gasteiger partial charge in [-0.15, -0.1) is 0 Å². The number of hydrogen-bond acceptors (Lipinski definition) is 3. The van der Waals surface area contributed by atoms with Crippen molar-refractivity contribution >= 4 is 5.97 Å². The second kappa shape index (κ2) is 14.7. The highest BCUT2D eigenvalue weighted by Gasteiger charge is 2.20. The summed E-state index contributed by atoms with van der Waals surface area (Å²) in [7, 11) is 0. The number of hydrogen-bond donors (Lipinski definition) is 1. The molecule has 0 bridgehead atoms. The molecule has 3 nitrogen and oxygen atoms in total. The normalized spacial score (nSPS) is 22.4. The Morgan fingerprint density at radius 1 is 1.08 bits per heavy atom. The fraction of sp³-hybridized carbons (Fsp3) is 0.591. The molecule has 0 spiro atoms. The zero-order chi connectivity index (χ0) is 18.2. The van der Waals surface area contributed by atoms with Crippen LogP contribution >= 0.6 is 0 Å². The third-order valence-electron chi connectivity index (χ3n) is 4.20. The van der Waals surface area contributed by atoms with Gasteiger partial charge in [0.25, 0.3) is 0 Å². The molecule has 0 aliphatic carbocycles. The molecule has 25 heavy (non-hydrogen) atoms. The Hall–Kier alpha value is -1.61. The van der Waals surface area contributed by atoms with E-state index in [1.807, 2.05) is 36.5 Å². The predicted octanol–water partition coefficient (Wildman–Crippen LogP) is 5.42. The van der Waals surface area contributed by atoms with E-state index < -0.39 is 12.2 Å². The Morgan fingerprint density at radius 3 is 2.68 bits per heavy atom. The third kappa shape index (κ3) is 11.5. The van der Waals surface area contributed by atoms with Gasteiger partial charge in [0, 0.05) is 6.42 Å². The lowest BCUT2D eigenvalue weighted by Crippen LogP contribution is -2.28. The summed E-state index contributed by atoms with van der Waals surface area (Å²) >= 11 is 0. The van der Waals surface area contributed by atoms with E-state index in [4.69, 9.17) is 4.74 Å². The maximum atomic E-state index is 11.6. The lowest BCUT2D eigenvalue weighted by atomic mass is 10.1. The van der Waals surface area contributed by atoms with Crippen LogP contribution in [-0.4, -0.2) is 23.3 Å². The van der Waals surface area contributed by atoms with Gasteiger partial charge in [0.15, 0.2) is 0 Å². The first-order chi connectivity index (χ1) is 12.2. The quantitative estimate of drug-likeness (QED) is 0.249. The van der Waals surface area contributed by atoms with Crippen LogP contribution in [0.5, 0.6) is 0 Å². The molecule has 1 rings (SSSR count). The van der Waals surface area contributed by atoms with Crippen molar-refractivity contribution in [2.45, 2.75) is 83.3 Å². The molecule has 1 aliphatic rings. The molecular weight excluding hydrogens is 312 g/mol. The van der Waals surface area contributed by atoms with E-state index in [2.05, 4.69) is 13.0 Å². The topological polar surface area (TPSA) is 46.5 Å². The minimum Gasteiger partial charge on any atom is -0.455 e. The fourth-order valence-electron chi connectivity index (χ4n) is 2.66. The van der Waals surface area contributed by atoms with Crippen LogP contribution in [0, 0.1) is 0 Å². The van der Waals surface area contributed by atoms with E-state index in [0.717, 1.165) is 6.42 Å². The fourth-order valence-corrected chi connectivity index (χ4v) is 2.66. The molecule has 0 saturated carbocycles. The summed E-state index contributed by atoms with van der Waals surface area (Å²) in [6, 6.07) is 0. The molecule has 2 unspecified atom stereocenters. The minimum atomic E-state index is -0.689. The zero-order valence-corrected chi connectivity index (χ0v) is 15.6. The highest BCUT2D eigenvalue weighted by Crippen LogP contribution is 2.12. The molecular formula is C22H34O3. The number of unbranched alkanes of at least 4 members (excludes halogenated alkanes) is 6. The Bertz CT molecular complexity index is 460. The standard InChI is InChI=1S/C22H34O3/c1-2-3-4-5-6-7-8-9-10-11-12-15-18-21-20(23)17-14-13-16-19-22(24)25-21/h9-15,18,20-21,23H,2-8,16-17,19H2,1H3. The Labute approximate surface area is 153 Å². The maximum Gasteiger partial charge on any atom is 0.306 e. The Morgan fingerprint density at radius 2 is 1.84 bits per heavy atom. The molecule has 1 N–H and O–H groups in total. The van der Waals surface area contributed by atoms with E-state index in [1.54, 1.807) is 6.08 Å². The summed E-state index contributed by atoms with van der Waals surface area (Å²) in [5, 5.41) is 10.1. The average molecular weight is 347 g/mol. The highest BCUT2D eigenvalue weighted by atomic mass is 16.6. The molecule has 0 aromatic rings. The number of ether oxygens (including phenoxy) is 1. The number of aliphatic hydroxyl groups excluding tert-OH is 1. The smallest absolute Gasteiger partial charge is 0.306 e. The molecule has 0 aromatic carbocycles. The van der Waals surface area contributed by atoms with Crippen LogP contribution < -0.4 is 0 Å². The van der Waals surface area contributed by atoms with Gasteiger partial charge in [0.05, 0.1) is 6.10 Å². The number of carbonyl (C=O) groups excluding carboxylic acids is 1. The van der Waals surface area contributed by atoms with Gasteiger partial charge in [-0.25, -0.2) is 0 Å². The lowest BCUT2D eigenvalue weighted by Gasteiger charge is -2.18. The van der Waals surface area contributed by atoms with E-state index >= 15 is 0 Å². The van der Waals surface area contributed by atoms with Crippen LogP contribution in [0.4, 0.5) is 0 Å². The zero-order valence-electron chi connectivity index (χ0n) is 15.6. The number of allylic oxidation sites excluding steroid dienone is 6. The van der Waals surface area contributed by atoms with E-state index in [9.17, 15) is 9.90 Å². The first kappa shape index (κ1) is 21.4. The van der Waals surface area contributed by atoms with Crippen LogP contribution in [0.1, 0.15) is 71.1 Å². The van der Waals surface area contributed by atoms with Crippen LogP contribution in [-0.2, 0) is 9.53 Å². The average Bonchev–Trinajstić information content (AvgIpc) is 2.67. The summed E-state index contributed by atoms with van der Waals surface area (Å²) < 4.78 is 5.32. The predicted molar refractivity (Wildman–Crippen MR) is 104 cm³/mol. The third-order valence-corrected chi connectivity index (χ3v) is 4.20. The first-order valence-electron chi connectivity index (χ1n) is 9.76. The van der Waals surface area contributed by atoms with E-state index in [1.165, 1.54) is 38.5 Å². The molecule has 1 heterocycles. The van der Waals surface area contributed by atoms with Gasteiger partial charge in [-0.1, -0.05) is 81.6 Å². The molecule has 2 atom stereocenters. The summed E-state index contributed by atoms with van der Waals surface area (Å²) in [4.78, 5) is 11.6. The summed E-state index contributed by atoms with van der Waals surface area (Å²) in [6.45, 7) is 2.24. The van der Waals surface area contributed by atoms with Crippen molar-refractivity contribution in [1.29, 1.82) is 0 Å². The number of cyclic esters (lactones) is 1. The Balaban J connectivity index is 2.25. The summed E-state index contributed by atoms with van der Waals surface area (Å²) in [5.74, 6) is -0.261. The van der Waals surface area contributed by atoms with Crippen molar-refractivity contribution in [3.05, 3.63) is 48.6 Å². The van der Waals surface area contributed by atoms with Crippen molar-refractivity contribution < 1.29 is 14.6 Å². The maximum absolute atomic E-state index is 11.6. The number of esters is 1. The molecule has 3 heteroatoms. The van der Waals surface area contributed by atoms with Crippen LogP contribution in [0.15, 0.2) is 48.6 Å². The van der Waals surface area contributed by atoms with Crippen molar-refractivity contribution in [3.8, 4) is 0 Å². The molecule has 0 amide bonds. The van der Waals surface area contributed by atoms with Crippen LogP contribution in [0.25, 0.3) is 0 Å². The second-order valence-electron chi connectivity index (χ2n) is 6.52. The van der Waals surface area contributed by atoms with Gasteiger partial charge in [0.2, 0.25) is 0 Å². The highest BCUT2D eigenvalue weighted by molar-refractivity contribution is 5.70. The Kier molecular flexibility index (Phi) is 12.6. The number of rotatable bonds is 10. The van der Waals surface area contributed by atoms with Crippen molar-refractivity contribution in [3.63, 3.8) is 0 Å². The number of carbonyl (C=O) groups is 1. The number of aliphatic hydroxyl groups is 1. The molecule has 0 saturated heterocycles. The SMILES string of the molecule is CCCCCCCCC=CC=CC=CC1OC(=O)CCC=CCC1O. The van der Waals surface area contributed by atoms with Gasteiger partial charge >= 0.3 is 5.97 Å². The molecule has 1 aliphatic heterocycles. The molecule has 0 fully saturated rings. The van der Waals surface area contributed by atoms with Crippen LogP contribution in [0.3, 0.4) is 0 Å². The molecule has 0 aromatic heterocycles. The van der Waals surface area contributed by atoms with Gasteiger partial charge < -0.3 is 9.84 Å². The largest absolute Gasteiger partial charge is 0.455 e. The van der Waals surface area contributed by atoms with E-state index in [-0.39, 0.29) is 5.97 Å². The first-order valence-corrected chi connectivity index (χ1v) is 9.76. The van der Waals surface area contributed by atoms with Gasteiger partial charge in [-0.2, -0.15) is 0 Å². The summed E-state index contributed by atoms with van der Waals surface area (Å²) in [5.41, 5.74) is 0. The minimum absolute atomic E-state index is 0.261. The van der Waals surface area contributed by atoms with Gasteiger partial charge in [-0.3, -0.25) is 4.79 Å². The summed E-state index contributed by atoms with van der Waals surface area (Å²) in [6.07, 6.45) is 24.8. The molecule has 0 radical (unpaired) electrons. The van der Waals surface area contributed by atoms with Crippen molar-refractivity contribution in [2.24, 2.45) is 0 Å². The second-order valence-corrected chi connectivity index (χ2v) is 6.52. The monoisotopic (exact) mass is 346 g/mol. The van der Waals surface area contributed by atoms with Crippen LogP contribution in [0.2, 0.25) is 0 Å².